The summed E-state index contributed by atoms with van der Waals surface area (Å²) in [6.07, 6.45) is 1.73. The number of hydrogen-bond donors (Lipinski definition) is 1. The number of ether oxygens (including phenoxy) is 1. The summed E-state index contributed by atoms with van der Waals surface area (Å²) < 4.78 is 19.3. The van der Waals surface area contributed by atoms with Crippen molar-refractivity contribution in [2.24, 2.45) is 0 Å². The Labute approximate surface area is 112 Å². The van der Waals surface area contributed by atoms with Crippen LogP contribution in [0.3, 0.4) is 0 Å². The van der Waals surface area contributed by atoms with Gasteiger partial charge in [0.05, 0.1) is 13.2 Å². The summed E-state index contributed by atoms with van der Waals surface area (Å²) in [6, 6.07) is 8.76. The molecule has 0 bridgehead atoms. The van der Waals surface area contributed by atoms with Gasteiger partial charge in [0.2, 0.25) is 0 Å². The molecule has 1 aromatic carbocycles. The number of pyridine rings is 1. The number of aromatic nitrogens is 1. The van der Waals surface area contributed by atoms with Gasteiger partial charge < -0.3 is 10.1 Å². The van der Waals surface area contributed by atoms with Crippen LogP contribution in [0.1, 0.15) is 22.9 Å². The molecule has 1 N–H and O–H groups in total. The molecule has 1 aromatic heterocycles. The fourth-order valence-electron chi connectivity index (χ4n) is 2.16. The third kappa shape index (κ3) is 2.74. The maximum absolute atomic E-state index is 14.3. The van der Waals surface area contributed by atoms with Crippen molar-refractivity contribution >= 4 is 0 Å². The second-order valence-electron chi connectivity index (χ2n) is 4.32. The highest BCUT2D eigenvalue weighted by Gasteiger charge is 2.18. The van der Waals surface area contributed by atoms with Gasteiger partial charge in [0, 0.05) is 17.5 Å². The molecule has 2 aromatic rings. The molecule has 0 amide bonds. The predicted octanol–water partition coefficient (Wildman–Crippen LogP) is 2.85. The second-order valence-corrected chi connectivity index (χ2v) is 4.32. The number of nitrogens with zero attached hydrogens (tertiary/aromatic N) is 1. The largest absolute Gasteiger partial charge is 0.494 e. The summed E-state index contributed by atoms with van der Waals surface area (Å²) in [5.41, 5.74) is 2.44. The van der Waals surface area contributed by atoms with E-state index in [0.29, 0.717) is 5.56 Å². The molecule has 0 radical (unpaired) electrons. The molecular weight excluding hydrogens is 243 g/mol. The Hall–Kier alpha value is -1.94. The number of nitrogens with one attached hydrogen (secondary N) is 1. The van der Waals surface area contributed by atoms with Gasteiger partial charge >= 0.3 is 0 Å². The van der Waals surface area contributed by atoms with Crippen LogP contribution in [-0.4, -0.2) is 19.1 Å². The molecular formula is C15H17FN2O. The van der Waals surface area contributed by atoms with E-state index >= 15 is 0 Å². The number of halogens is 1. The van der Waals surface area contributed by atoms with Gasteiger partial charge in [-0.1, -0.05) is 12.1 Å². The first kappa shape index (κ1) is 13.5. The summed E-state index contributed by atoms with van der Waals surface area (Å²) in [5.74, 6) is -0.0812. The van der Waals surface area contributed by atoms with Crippen LogP contribution in [0.15, 0.2) is 36.5 Å². The molecule has 0 saturated carbocycles. The average molecular weight is 260 g/mol. The average Bonchev–Trinajstić information content (AvgIpc) is 2.41. The molecule has 0 aliphatic heterocycles. The van der Waals surface area contributed by atoms with Gasteiger partial charge in [0.25, 0.3) is 0 Å². The molecule has 0 aliphatic rings. The third-order valence-corrected chi connectivity index (χ3v) is 3.07. The summed E-state index contributed by atoms with van der Waals surface area (Å²) in [5, 5.41) is 3.13. The highest BCUT2D eigenvalue weighted by molar-refractivity contribution is 5.38. The highest BCUT2D eigenvalue weighted by Crippen LogP contribution is 2.29. The smallest absolute Gasteiger partial charge is 0.170 e. The van der Waals surface area contributed by atoms with Gasteiger partial charge in [-0.05, 0) is 37.7 Å². The number of aryl methyl sites for hydroxylation is 1. The Morgan fingerprint density at radius 1 is 1.32 bits per heavy atom. The maximum atomic E-state index is 14.3. The Kier molecular flexibility index (Phi) is 4.12. The number of benzene rings is 1. The lowest BCUT2D eigenvalue weighted by Crippen LogP contribution is -2.19. The van der Waals surface area contributed by atoms with Crippen molar-refractivity contribution in [1.29, 1.82) is 0 Å². The fourth-order valence-corrected chi connectivity index (χ4v) is 2.16. The van der Waals surface area contributed by atoms with Crippen LogP contribution in [0.4, 0.5) is 4.39 Å². The minimum absolute atomic E-state index is 0.225. The zero-order valence-electron chi connectivity index (χ0n) is 11.3. The Morgan fingerprint density at radius 3 is 2.74 bits per heavy atom. The summed E-state index contributed by atoms with van der Waals surface area (Å²) in [7, 11) is 3.27. The van der Waals surface area contributed by atoms with E-state index < -0.39 is 0 Å². The van der Waals surface area contributed by atoms with Crippen molar-refractivity contribution in [3.63, 3.8) is 0 Å². The molecule has 1 unspecified atom stereocenters. The quantitative estimate of drug-likeness (QED) is 0.918. The van der Waals surface area contributed by atoms with Crippen molar-refractivity contribution in [3.05, 3.63) is 59.2 Å². The fraction of sp³-hybridized carbons (Fsp3) is 0.267. The molecule has 0 aliphatic carbocycles. The molecule has 1 heterocycles. The molecule has 100 valence electrons. The van der Waals surface area contributed by atoms with Crippen molar-refractivity contribution in [2.75, 3.05) is 14.2 Å². The highest BCUT2D eigenvalue weighted by atomic mass is 19.1. The van der Waals surface area contributed by atoms with Gasteiger partial charge in [-0.2, -0.15) is 0 Å². The van der Waals surface area contributed by atoms with Crippen molar-refractivity contribution < 1.29 is 9.13 Å². The minimum Gasteiger partial charge on any atom is -0.494 e. The second kappa shape index (κ2) is 5.80. The van der Waals surface area contributed by atoms with Crippen LogP contribution in [-0.2, 0) is 0 Å². The lowest BCUT2D eigenvalue weighted by atomic mass is 9.98. The lowest BCUT2D eigenvalue weighted by molar-refractivity contribution is 0.382. The topological polar surface area (TPSA) is 34.2 Å². The van der Waals surface area contributed by atoms with Gasteiger partial charge in [-0.3, -0.25) is 4.98 Å². The molecule has 0 saturated heterocycles. The number of methoxy groups -OCH3 is 1. The zero-order chi connectivity index (χ0) is 13.8. The van der Waals surface area contributed by atoms with Crippen LogP contribution in [0.5, 0.6) is 5.75 Å². The van der Waals surface area contributed by atoms with E-state index in [9.17, 15) is 4.39 Å². The number of rotatable bonds is 4. The predicted molar refractivity (Wildman–Crippen MR) is 72.8 cm³/mol. The standard InChI is InChI=1S/C15H17FN2O/c1-10-9-11(7-8-18-10)15(17-2)12-5-4-6-13(19-3)14(12)16/h4-9,15,17H,1-3H3. The third-order valence-electron chi connectivity index (χ3n) is 3.07. The van der Waals surface area contributed by atoms with Gasteiger partial charge in [-0.25, -0.2) is 4.39 Å². The molecule has 4 heteroatoms. The summed E-state index contributed by atoms with van der Waals surface area (Å²) in [4.78, 5) is 4.16. The molecule has 0 spiro atoms. The van der Waals surface area contributed by atoms with Crippen molar-refractivity contribution in [3.8, 4) is 5.75 Å². The first-order valence-electron chi connectivity index (χ1n) is 6.09. The van der Waals surface area contributed by atoms with Crippen LogP contribution in [0.2, 0.25) is 0 Å². The normalized spacial score (nSPS) is 12.2. The lowest BCUT2D eigenvalue weighted by Gasteiger charge is -2.19. The van der Waals surface area contributed by atoms with E-state index in [1.807, 2.05) is 19.1 Å². The van der Waals surface area contributed by atoms with Crippen LogP contribution in [0, 0.1) is 12.7 Å². The first-order chi connectivity index (χ1) is 9.17. The van der Waals surface area contributed by atoms with Crippen molar-refractivity contribution in [1.82, 2.24) is 10.3 Å². The van der Waals surface area contributed by atoms with Crippen LogP contribution < -0.4 is 10.1 Å². The first-order valence-corrected chi connectivity index (χ1v) is 6.09. The van der Waals surface area contributed by atoms with E-state index in [-0.39, 0.29) is 17.6 Å². The van der Waals surface area contributed by atoms with Gasteiger partial charge in [0.1, 0.15) is 0 Å². The molecule has 2 rings (SSSR count). The maximum Gasteiger partial charge on any atom is 0.170 e. The summed E-state index contributed by atoms with van der Waals surface area (Å²) >= 11 is 0. The van der Waals surface area contributed by atoms with E-state index in [1.54, 1.807) is 31.4 Å². The monoisotopic (exact) mass is 260 g/mol. The zero-order valence-corrected chi connectivity index (χ0v) is 11.3. The summed E-state index contributed by atoms with van der Waals surface area (Å²) in [6.45, 7) is 1.91. The van der Waals surface area contributed by atoms with Gasteiger partial charge in [-0.15, -0.1) is 0 Å². The van der Waals surface area contributed by atoms with E-state index in [2.05, 4.69) is 10.3 Å². The minimum atomic E-state index is -0.334. The Balaban J connectivity index is 2.48. The SMILES string of the molecule is CNC(c1ccnc(C)c1)c1cccc(OC)c1F. The molecule has 0 fully saturated rings. The number of hydrogen-bond acceptors (Lipinski definition) is 3. The van der Waals surface area contributed by atoms with E-state index in [1.165, 1.54) is 7.11 Å². The Bertz CT molecular complexity index is 572. The van der Waals surface area contributed by atoms with Gasteiger partial charge in [0.15, 0.2) is 11.6 Å². The molecule has 1 atom stereocenters. The van der Waals surface area contributed by atoms with E-state index in [4.69, 9.17) is 4.74 Å². The van der Waals surface area contributed by atoms with Crippen molar-refractivity contribution in [2.45, 2.75) is 13.0 Å². The van der Waals surface area contributed by atoms with E-state index in [0.717, 1.165) is 11.3 Å². The van der Waals surface area contributed by atoms with Crippen LogP contribution >= 0.6 is 0 Å². The van der Waals surface area contributed by atoms with Crippen LogP contribution in [0.25, 0.3) is 0 Å². The molecule has 19 heavy (non-hydrogen) atoms. The Morgan fingerprint density at radius 2 is 2.11 bits per heavy atom. The molecule has 3 nitrogen and oxygen atoms in total.